The Hall–Kier alpha value is -2.10. The normalized spacial score (nSPS) is 19.7. The van der Waals surface area contributed by atoms with Crippen molar-refractivity contribution in [1.82, 2.24) is 4.90 Å². The second kappa shape index (κ2) is 6.66. The van der Waals surface area contributed by atoms with E-state index in [2.05, 4.69) is 48.4 Å². The van der Waals surface area contributed by atoms with Crippen molar-refractivity contribution in [1.29, 1.82) is 0 Å². The van der Waals surface area contributed by atoms with Crippen LogP contribution in [-0.2, 0) is 10.3 Å². The van der Waals surface area contributed by atoms with Crippen LogP contribution in [0.4, 0.5) is 0 Å². The maximum atomic E-state index is 11.9. The molecule has 3 heteroatoms. The molecule has 1 heterocycles. The Kier molecular flexibility index (Phi) is 4.36. The molecule has 3 nitrogen and oxygen atoms in total. The molecule has 1 atom stereocenters. The third kappa shape index (κ3) is 2.68. The first-order valence-electron chi connectivity index (χ1n) is 9.17. The number of nitrogens with zero attached hydrogens (tertiary/aromatic N) is 1. The van der Waals surface area contributed by atoms with Crippen LogP contribution in [0.1, 0.15) is 24.5 Å². The summed E-state index contributed by atoms with van der Waals surface area (Å²) in [5, 5.41) is 11.9. The minimum absolute atomic E-state index is 0.0279. The molecule has 25 heavy (non-hydrogen) atoms. The number of aliphatic hydroxyl groups is 1. The Balaban J connectivity index is 1.74. The van der Waals surface area contributed by atoms with Crippen LogP contribution in [0.15, 0.2) is 60.8 Å². The van der Waals surface area contributed by atoms with Gasteiger partial charge in [-0.05, 0) is 34.9 Å². The number of hydrogen-bond donors (Lipinski definition) is 1. The molecule has 0 spiro atoms. The maximum absolute atomic E-state index is 11.9. The molecule has 4 rings (SSSR count). The summed E-state index contributed by atoms with van der Waals surface area (Å²) >= 11 is 0. The molecule has 2 aliphatic rings. The van der Waals surface area contributed by atoms with Gasteiger partial charge in [-0.1, -0.05) is 61.5 Å². The molecule has 0 bridgehead atoms. The Morgan fingerprint density at radius 1 is 1.04 bits per heavy atom. The standard InChI is InChI=1S/C22H25NO2/c1-2-17(11-12-23-13-15-25-16-14-23)22(24)20-9-5-3-7-18(20)19-8-4-6-10-21(19)22/h3-12,17,24H,2,13-16H2,1H3. The van der Waals surface area contributed by atoms with Crippen LogP contribution in [0, 0.1) is 5.92 Å². The molecule has 1 unspecified atom stereocenters. The topological polar surface area (TPSA) is 32.7 Å². The van der Waals surface area contributed by atoms with Gasteiger partial charge < -0.3 is 14.7 Å². The van der Waals surface area contributed by atoms with Crippen molar-refractivity contribution in [3.63, 3.8) is 0 Å². The fourth-order valence-corrected chi connectivity index (χ4v) is 4.17. The molecule has 2 aromatic carbocycles. The average Bonchev–Trinajstić information content (AvgIpc) is 2.94. The first-order valence-corrected chi connectivity index (χ1v) is 9.17. The Bertz CT molecular complexity index is 732. The fraction of sp³-hybridized carbons (Fsp3) is 0.364. The number of hydrogen-bond acceptors (Lipinski definition) is 3. The highest BCUT2D eigenvalue weighted by Gasteiger charge is 2.45. The van der Waals surface area contributed by atoms with Crippen LogP contribution in [-0.4, -0.2) is 36.3 Å². The van der Waals surface area contributed by atoms with Crippen LogP contribution in [0.3, 0.4) is 0 Å². The molecule has 1 saturated heterocycles. The molecule has 1 aliphatic carbocycles. The lowest BCUT2D eigenvalue weighted by molar-refractivity contribution is 0.0367. The van der Waals surface area contributed by atoms with E-state index in [-0.39, 0.29) is 5.92 Å². The Morgan fingerprint density at radius 3 is 2.16 bits per heavy atom. The summed E-state index contributed by atoms with van der Waals surface area (Å²) in [6.07, 6.45) is 5.21. The van der Waals surface area contributed by atoms with Crippen molar-refractivity contribution in [2.75, 3.05) is 26.3 Å². The van der Waals surface area contributed by atoms with Gasteiger partial charge in [0.05, 0.1) is 13.2 Å². The Labute approximate surface area is 149 Å². The Morgan fingerprint density at radius 2 is 1.60 bits per heavy atom. The van der Waals surface area contributed by atoms with Crippen LogP contribution >= 0.6 is 0 Å². The first-order chi connectivity index (χ1) is 12.2. The quantitative estimate of drug-likeness (QED) is 0.923. The van der Waals surface area contributed by atoms with Gasteiger partial charge in [-0.3, -0.25) is 0 Å². The highest BCUT2D eigenvalue weighted by atomic mass is 16.5. The summed E-state index contributed by atoms with van der Waals surface area (Å²) in [4.78, 5) is 2.28. The summed E-state index contributed by atoms with van der Waals surface area (Å²) in [5.74, 6) is 0.0279. The first kappa shape index (κ1) is 16.4. The minimum Gasteiger partial charge on any atom is -0.380 e. The molecule has 0 radical (unpaired) electrons. The minimum atomic E-state index is -0.968. The zero-order valence-corrected chi connectivity index (χ0v) is 14.7. The van der Waals surface area contributed by atoms with Gasteiger partial charge in [0.2, 0.25) is 0 Å². The molecule has 1 fully saturated rings. The van der Waals surface area contributed by atoms with Crippen LogP contribution in [0.2, 0.25) is 0 Å². The van der Waals surface area contributed by atoms with E-state index in [1.807, 2.05) is 24.3 Å². The molecule has 0 saturated carbocycles. The van der Waals surface area contributed by atoms with Gasteiger partial charge >= 0.3 is 0 Å². The molecular formula is C22H25NO2. The van der Waals surface area contributed by atoms with E-state index < -0.39 is 5.60 Å². The van der Waals surface area contributed by atoms with Crippen LogP contribution in [0.5, 0.6) is 0 Å². The number of ether oxygens (including phenoxy) is 1. The van der Waals surface area contributed by atoms with Gasteiger partial charge in [0.25, 0.3) is 0 Å². The predicted octanol–water partition coefficient (Wildman–Crippen LogP) is 3.78. The maximum Gasteiger partial charge on any atom is 0.122 e. The van der Waals surface area contributed by atoms with E-state index in [1.165, 1.54) is 0 Å². The average molecular weight is 335 g/mol. The van der Waals surface area contributed by atoms with Gasteiger partial charge in [-0.15, -0.1) is 0 Å². The van der Waals surface area contributed by atoms with Crippen LogP contribution in [0.25, 0.3) is 11.1 Å². The molecule has 0 aromatic heterocycles. The summed E-state index contributed by atoms with van der Waals surface area (Å²) in [6, 6.07) is 16.5. The summed E-state index contributed by atoms with van der Waals surface area (Å²) in [5.41, 5.74) is 3.38. The number of rotatable bonds is 4. The van der Waals surface area contributed by atoms with Gasteiger partial charge in [-0.25, -0.2) is 0 Å². The monoisotopic (exact) mass is 335 g/mol. The summed E-state index contributed by atoms with van der Waals surface area (Å²) in [6.45, 7) is 5.53. The third-order valence-corrected chi connectivity index (χ3v) is 5.52. The van der Waals surface area contributed by atoms with Crippen molar-refractivity contribution in [2.45, 2.75) is 18.9 Å². The SMILES string of the molecule is CCC(C=CN1CCOCC1)C1(O)c2ccccc2-c2ccccc21. The zero-order chi connectivity index (χ0) is 17.3. The van der Waals surface area contributed by atoms with E-state index >= 15 is 0 Å². The van der Waals surface area contributed by atoms with Gasteiger partial charge in [0, 0.05) is 19.0 Å². The number of morpholine rings is 1. The third-order valence-electron chi connectivity index (χ3n) is 5.52. The molecule has 130 valence electrons. The fourth-order valence-electron chi connectivity index (χ4n) is 4.17. The number of benzene rings is 2. The van der Waals surface area contributed by atoms with Crippen molar-refractivity contribution in [2.24, 2.45) is 5.92 Å². The van der Waals surface area contributed by atoms with Gasteiger partial charge in [0.1, 0.15) is 5.60 Å². The second-order valence-corrected chi connectivity index (χ2v) is 6.86. The summed E-state index contributed by atoms with van der Waals surface area (Å²) in [7, 11) is 0. The van der Waals surface area contributed by atoms with Gasteiger partial charge in [-0.2, -0.15) is 0 Å². The van der Waals surface area contributed by atoms with E-state index in [0.29, 0.717) is 0 Å². The van der Waals surface area contributed by atoms with E-state index in [9.17, 15) is 5.11 Å². The van der Waals surface area contributed by atoms with E-state index in [4.69, 9.17) is 4.74 Å². The van der Waals surface area contributed by atoms with Crippen molar-refractivity contribution >= 4 is 0 Å². The summed E-state index contributed by atoms with van der Waals surface area (Å²) < 4.78 is 5.42. The smallest absolute Gasteiger partial charge is 0.122 e. The van der Waals surface area contributed by atoms with Crippen LogP contribution < -0.4 is 0 Å². The lowest BCUT2D eigenvalue weighted by Crippen LogP contribution is -2.35. The lowest BCUT2D eigenvalue weighted by atomic mass is 9.78. The molecule has 1 N–H and O–H groups in total. The van der Waals surface area contributed by atoms with E-state index in [1.54, 1.807) is 0 Å². The largest absolute Gasteiger partial charge is 0.380 e. The molecule has 2 aromatic rings. The number of fused-ring (bicyclic) bond motifs is 3. The van der Waals surface area contributed by atoms with Gasteiger partial charge in [0.15, 0.2) is 0 Å². The highest BCUT2D eigenvalue weighted by molar-refractivity contribution is 5.80. The molecule has 0 amide bonds. The highest BCUT2D eigenvalue weighted by Crippen LogP contribution is 2.52. The van der Waals surface area contributed by atoms with Crippen molar-refractivity contribution < 1.29 is 9.84 Å². The molecule has 1 aliphatic heterocycles. The zero-order valence-electron chi connectivity index (χ0n) is 14.7. The molecular weight excluding hydrogens is 310 g/mol. The predicted molar refractivity (Wildman–Crippen MR) is 100 cm³/mol. The van der Waals surface area contributed by atoms with E-state index in [0.717, 1.165) is 55.0 Å². The van der Waals surface area contributed by atoms with Crippen molar-refractivity contribution in [3.05, 3.63) is 71.9 Å². The second-order valence-electron chi connectivity index (χ2n) is 6.86. The van der Waals surface area contributed by atoms with Crippen molar-refractivity contribution in [3.8, 4) is 11.1 Å². The lowest BCUT2D eigenvalue weighted by Gasteiger charge is -2.33.